The molecule has 0 bridgehead atoms. The molecule has 3 rings (SSSR count). The highest BCUT2D eigenvalue weighted by molar-refractivity contribution is 7.99. The molecule has 27 heavy (non-hydrogen) atoms. The maximum Gasteiger partial charge on any atom is 0.234 e. The summed E-state index contributed by atoms with van der Waals surface area (Å²) in [7, 11) is 0. The highest BCUT2D eigenvalue weighted by Gasteiger charge is 2.04. The fraction of sp³-hybridized carbons (Fsp3) is 0.174. The van der Waals surface area contributed by atoms with Crippen molar-refractivity contribution in [2.45, 2.75) is 19.3 Å². The lowest BCUT2D eigenvalue weighted by Crippen LogP contribution is -2.14. The molecular weight excluding hydrogens is 354 g/mol. The van der Waals surface area contributed by atoms with Crippen LogP contribution in [-0.4, -0.2) is 11.7 Å². The Morgan fingerprint density at radius 1 is 0.889 bits per heavy atom. The number of hydrogen-bond acceptors (Lipinski definition) is 3. The first-order valence-electron chi connectivity index (χ1n) is 8.89. The second-order valence-corrected chi connectivity index (χ2v) is 7.31. The van der Waals surface area contributed by atoms with E-state index < -0.39 is 0 Å². The molecule has 138 valence electrons. The summed E-state index contributed by atoms with van der Waals surface area (Å²) in [4.78, 5) is 12.1. The second kappa shape index (κ2) is 9.83. The number of carbonyl (C=O) groups is 1. The van der Waals surface area contributed by atoms with E-state index in [2.05, 4.69) is 36.5 Å². The van der Waals surface area contributed by atoms with Gasteiger partial charge >= 0.3 is 0 Å². The lowest BCUT2D eigenvalue weighted by atomic mass is 10.2. The van der Waals surface area contributed by atoms with Crippen LogP contribution in [0.15, 0.2) is 78.9 Å². The van der Waals surface area contributed by atoms with Crippen LogP contribution < -0.4 is 10.1 Å². The summed E-state index contributed by atoms with van der Waals surface area (Å²) in [6.45, 7) is 2.60. The molecular formula is C23H23NO2S. The third-order valence-electron chi connectivity index (χ3n) is 4.01. The Bertz CT molecular complexity index is 846. The Morgan fingerprint density at radius 3 is 2.30 bits per heavy atom. The number of benzene rings is 3. The van der Waals surface area contributed by atoms with Crippen LogP contribution in [0.5, 0.6) is 5.75 Å². The molecule has 3 aromatic rings. The Balaban J connectivity index is 1.40. The summed E-state index contributed by atoms with van der Waals surface area (Å²) in [6, 6.07) is 25.9. The molecule has 0 heterocycles. The summed E-state index contributed by atoms with van der Waals surface area (Å²) < 4.78 is 5.76. The molecule has 0 fully saturated rings. The van der Waals surface area contributed by atoms with Gasteiger partial charge in [0.2, 0.25) is 5.91 Å². The van der Waals surface area contributed by atoms with Gasteiger partial charge in [0.1, 0.15) is 12.4 Å². The summed E-state index contributed by atoms with van der Waals surface area (Å²) in [6.07, 6.45) is 0. The minimum atomic E-state index is 0.00469. The zero-order valence-electron chi connectivity index (χ0n) is 15.4. The first kappa shape index (κ1) is 19.1. The molecule has 0 unspecified atom stereocenters. The van der Waals surface area contributed by atoms with Gasteiger partial charge in [0.05, 0.1) is 5.75 Å². The van der Waals surface area contributed by atoms with Crippen molar-refractivity contribution >= 4 is 23.4 Å². The average molecular weight is 378 g/mol. The molecule has 0 atom stereocenters. The molecule has 0 saturated carbocycles. The van der Waals surface area contributed by atoms with Gasteiger partial charge in [0.25, 0.3) is 0 Å². The molecule has 0 radical (unpaired) electrons. The molecule has 0 aliphatic heterocycles. The van der Waals surface area contributed by atoms with E-state index in [0.29, 0.717) is 12.4 Å². The predicted molar refractivity (Wildman–Crippen MR) is 113 cm³/mol. The third-order valence-corrected chi connectivity index (χ3v) is 5.01. The monoisotopic (exact) mass is 377 g/mol. The number of carbonyl (C=O) groups excluding carboxylic acids is 1. The molecule has 0 aliphatic carbocycles. The van der Waals surface area contributed by atoms with E-state index in [1.165, 1.54) is 11.1 Å². The lowest BCUT2D eigenvalue weighted by molar-refractivity contribution is -0.113. The molecule has 0 aliphatic rings. The van der Waals surface area contributed by atoms with Crippen LogP contribution in [0, 0.1) is 6.92 Å². The quantitative estimate of drug-likeness (QED) is 0.567. The molecule has 0 spiro atoms. The minimum Gasteiger partial charge on any atom is -0.489 e. The van der Waals surface area contributed by atoms with Gasteiger partial charge in [0, 0.05) is 11.4 Å². The van der Waals surface area contributed by atoms with Gasteiger partial charge in [-0.05, 0) is 42.3 Å². The largest absolute Gasteiger partial charge is 0.489 e. The van der Waals surface area contributed by atoms with Crippen molar-refractivity contribution < 1.29 is 9.53 Å². The predicted octanol–water partition coefficient (Wildman–Crippen LogP) is 5.45. The minimum absolute atomic E-state index is 0.00469. The van der Waals surface area contributed by atoms with Crippen LogP contribution in [-0.2, 0) is 17.2 Å². The first-order chi connectivity index (χ1) is 13.2. The second-order valence-electron chi connectivity index (χ2n) is 6.33. The van der Waals surface area contributed by atoms with Crippen LogP contribution in [0.4, 0.5) is 5.69 Å². The summed E-state index contributed by atoms with van der Waals surface area (Å²) >= 11 is 1.61. The normalized spacial score (nSPS) is 10.4. The van der Waals surface area contributed by atoms with Crippen molar-refractivity contribution in [1.82, 2.24) is 0 Å². The number of hydrogen-bond donors (Lipinski definition) is 1. The average Bonchev–Trinajstić information content (AvgIpc) is 2.70. The smallest absolute Gasteiger partial charge is 0.234 e. The molecule has 0 saturated heterocycles. The molecule has 4 heteroatoms. The van der Waals surface area contributed by atoms with Crippen LogP contribution in [0.25, 0.3) is 0 Å². The number of aryl methyl sites for hydroxylation is 1. The third kappa shape index (κ3) is 6.50. The van der Waals surface area contributed by atoms with Gasteiger partial charge in [0.15, 0.2) is 0 Å². The number of amides is 1. The van der Waals surface area contributed by atoms with Gasteiger partial charge in [-0.1, -0.05) is 60.2 Å². The van der Waals surface area contributed by atoms with Crippen molar-refractivity contribution in [3.05, 3.63) is 95.6 Å². The SMILES string of the molecule is Cc1ccc(CSCC(=O)Nc2ccc(OCc3ccccc3)cc2)cc1. The van der Waals surface area contributed by atoms with Crippen LogP contribution in [0.1, 0.15) is 16.7 Å². The van der Waals surface area contributed by atoms with Crippen molar-refractivity contribution in [3.63, 3.8) is 0 Å². The van der Waals surface area contributed by atoms with Crippen molar-refractivity contribution in [1.29, 1.82) is 0 Å². The van der Waals surface area contributed by atoms with Gasteiger partial charge in [-0.15, -0.1) is 11.8 Å². The zero-order chi connectivity index (χ0) is 18.9. The van der Waals surface area contributed by atoms with E-state index in [9.17, 15) is 4.79 Å². The molecule has 0 aromatic heterocycles. The van der Waals surface area contributed by atoms with Gasteiger partial charge in [-0.25, -0.2) is 0 Å². The van der Waals surface area contributed by atoms with E-state index in [1.54, 1.807) is 11.8 Å². The van der Waals surface area contributed by atoms with Crippen molar-refractivity contribution in [3.8, 4) is 5.75 Å². The highest BCUT2D eigenvalue weighted by Crippen LogP contribution is 2.18. The Hall–Kier alpha value is -2.72. The Morgan fingerprint density at radius 2 is 1.59 bits per heavy atom. The summed E-state index contributed by atoms with van der Waals surface area (Å²) in [5.74, 6) is 2.05. The van der Waals surface area contributed by atoms with E-state index in [0.717, 1.165) is 22.8 Å². The zero-order valence-corrected chi connectivity index (χ0v) is 16.2. The topological polar surface area (TPSA) is 38.3 Å². The van der Waals surface area contributed by atoms with Crippen molar-refractivity contribution in [2.75, 3.05) is 11.1 Å². The van der Waals surface area contributed by atoms with Gasteiger partial charge < -0.3 is 10.1 Å². The number of ether oxygens (including phenoxy) is 1. The fourth-order valence-corrected chi connectivity index (χ4v) is 3.31. The maximum absolute atomic E-state index is 12.1. The van der Waals surface area contributed by atoms with Crippen LogP contribution in [0.3, 0.4) is 0 Å². The van der Waals surface area contributed by atoms with Gasteiger partial charge in [-0.2, -0.15) is 0 Å². The van der Waals surface area contributed by atoms with Crippen molar-refractivity contribution in [2.24, 2.45) is 0 Å². The van der Waals surface area contributed by atoms with Crippen LogP contribution >= 0.6 is 11.8 Å². The molecule has 3 nitrogen and oxygen atoms in total. The first-order valence-corrected chi connectivity index (χ1v) is 10.0. The number of rotatable bonds is 8. The fourth-order valence-electron chi connectivity index (χ4n) is 2.52. The summed E-state index contributed by atoms with van der Waals surface area (Å²) in [5, 5.41) is 2.92. The Kier molecular flexibility index (Phi) is 6.94. The molecule has 3 aromatic carbocycles. The Labute approximate surface area is 164 Å². The van der Waals surface area contributed by atoms with E-state index in [-0.39, 0.29) is 5.91 Å². The number of thioether (sulfide) groups is 1. The standard InChI is InChI=1S/C23H23NO2S/c1-18-7-9-20(10-8-18)16-27-17-23(25)24-21-11-13-22(14-12-21)26-15-19-5-3-2-4-6-19/h2-14H,15-17H2,1H3,(H,24,25). The van der Waals surface area contributed by atoms with E-state index in [4.69, 9.17) is 4.74 Å². The number of nitrogens with one attached hydrogen (secondary N) is 1. The number of anilines is 1. The highest BCUT2D eigenvalue weighted by atomic mass is 32.2. The van der Waals surface area contributed by atoms with E-state index in [1.807, 2.05) is 54.6 Å². The van der Waals surface area contributed by atoms with E-state index >= 15 is 0 Å². The lowest BCUT2D eigenvalue weighted by Gasteiger charge is -2.09. The maximum atomic E-state index is 12.1. The molecule has 1 N–H and O–H groups in total. The van der Waals surface area contributed by atoms with Gasteiger partial charge in [-0.3, -0.25) is 4.79 Å². The molecule has 1 amide bonds. The summed E-state index contributed by atoms with van der Waals surface area (Å²) in [5.41, 5.74) is 4.39. The van der Waals surface area contributed by atoms with Crippen LogP contribution in [0.2, 0.25) is 0 Å².